The van der Waals surface area contributed by atoms with Crippen molar-refractivity contribution < 1.29 is 0 Å². The fourth-order valence-electron chi connectivity index (χ4n) is 2.61. The number of rotatable bonds is 1. The number of H-pyrrole nitrogens is 1. The minimum Gasteiger partial charge on any atom is -0.355 e. The van der Waals surface area contributed by atoms with Gasteiger partial charge >= 0.3 is 0 Å². The molecule has 0 saturated carbocycles. The van der Waals surface area contributed by atoms with Gasteiger partial charge in [-0.25, -0.2) is 0 Å². The Labute approximate surface area is 111 Å². The summed E-state index contributed by atoms with van der Waals surface area (Å²) in [5, 5.41) is 2.56. The molecule has 3 aromatic carbocycles. The smallest absolute Gasteiger partial charge is 0.0465 e. The largest absolute Gasteiger partial charge is 0.355 e. The van der Waals surface area contributed by atoms with Crippen molar-refractivity contribution in [1.29, 1.82) is 0 Å². The molecule has 0 saturated heterocycles. The zero-order chi connectivity index (χ0) is 12.7. The first-order chi connectivity index (χ1) is 9.42. The second-order valence-electron chi connectivity index (χ2n) is 4.72. The van der Waals surface area contributed by atoms with Gasteiger partial charge in [-0.1, -0.05) is 48.5 Å². The van der Waals surface area contributed by atoms with Crippen LogP contribution in [0.15, 0.2) is 66.7 Å². The highest BCUT2D eigenvalue weighted by Crippen LogP contribution is 2.29. The molecular formula is C18H12N. The van der Waals surface area contributed by atoms with Gasteiger partial charge < -0.3 is 4.98 Å². The monoisotopic (exact) mass is 242 g/mol. The first kappa shape index (κ1) is 10.4. The van der Waals surface area contributed by atoms with Crippen LogP contribution in [0.4, 0.5) is 0 Å². The van der Waals surface area contributed by atoms with Crippen LogP contribution in [-0.2, 0) is 0 Å². The van der Waals surface area contributed by atoms with E-state index in [-0.39, 0.29) is 0 Å². The molecule has 0 aliphatic rings. The van der Waals surface area contributed by atoms with Crippen molar-refractivity contribution in [3.8, 4) is 11.1 Å². The number of aromatic amines is 1. The summed E-state index contributed by atoms with van der Waals surface area (Å²) in [4.78, 5) is 3.45. The summed E-state index contributed by atoms with van der Waals surface area (Å²) in [5.74, 6) is 0. The van der Waals surface area contributed by atoms with Gasteiger partial charge in [-0.05, 0) is 35.4 Å². The molecule has 0 unspecified atom stereocenters. The van der Waals surface area contributed by atoms with E-state index in [2.05, 4.69) is 65.6 Å². The molecule has 0 atom stereocenters. The van der Waals surface area contributed by atoms with Crippen LogP contribution in [0.25, 0.3) is 32.9 Å². The van der Waals surface area contributed by atoms with E-state index >= 15 is 0 Å². The van der Waals surface area contributed by atoms with E-state index in [9.17, 15) is 0 Å². The van der Waals surface area contributed by atoms with Crippen LogP contribution in [0, 0.1) is 6.07 Å². The second-order valence-corrected chi connectivity index (χ2v) is 4.72. The highest BCUT2D eigenvalue weighted by atomic mass is 14.7. The van der Waals surface area contributed by atoms with Gasteiger partial charge in [-0.2, -0.15) is 0 Å². The SMILES string of the molecule is [c]1ccc(-c2ccc3[nH]c4ccccc4c3c2)cc1. The van der Waals surface area contributed by atoms with Crippen LogP contribution in [0.3, 0.4) is 0 Å². The van der Waals surface area contributed by atoms with Crippen molar-refractivity contribution in [3.05, 3.63) is 72.8 Å². The van der Waals surface area contributed by atoms with Crippen molar-refractivity contribution in [1.82, 2.24) is 4.98 Å². The summed E-state index contributed by atoms with van der Waals surface area (Å²) in [6.07, 6.45) is 0. The highest BCUT2D eigenvalue weighted by molar-refractivity contribution is 6.08. The molecular weight excluding hydrogens is 230 g/mol. The summed E-state index contributed by atoms with van der Waals surface area (Å²) in [6.45, 7) is 0. The van der Waals surface area contributed by atoms with E-state index in [1.165, 1.54) is 32.9 Å². The Balaban J connectivity index is 2.03. The number of nitrogens with one attached hydrogen (secondary N) is 1. The fourth-order valence-corrected chi connectivity index (χ4v) is 2.61. The average molecular weight is 242 g/mol. The molecule has 1 N–H and O–H groups in total. The Kier molecular flexibility index (Phi) is 2.18. The average Bonchev–Trinajstić information content (AvgIpc) is 2.86. The first-order valence-corrected chi connectivity index (χ1v) is 6.39. The molecule has 1 nitrogen and oxygen atoms in total. The van der Waals surface area contributed by atoms with Crippen molar-refractivity contribution in [2.45, 2.75) is 0 Å². The molecule has 0 aliphatic heterocycles. The Bertz CT molecular complexity index is 857. The molecule has 19 heavy (non-hydrogen) atoms. The van der Waals surface area contributed by atoms with Crippen LogP contribution in [0.2, 0.25) is 0 Å². The maximum Gasteiger partial charge on any atom is 0.0465 e. The molecule has 4 aromatic rings. The van der Waals surface area contributed by atoms with E-state index in [4.69, 9.17) is 0 Å². The predicted octanol–water partition coefficient (Wildman–Crippen LogP) is 4.79. The van der Waals surface area contributed by atoms with Gasteiger partial charge in [0.25, 0.3) is 0 Å². The fraction of sp³-hybridized carbons (Fsp3) is 0. The molecule has 1 aromatic heterocycles. The Morgan fingerprint density at radius 2 is 1.47 bits per heavy atom. The Hall–Kier alpha value is -2.54. The third kappa shape index (κ3) is 1.63. The maximum atomic E-state index is 3.45. The summed E-state index contributed by atoms with van der Waals surface area (Å²) < 4.78 is 0. The molecule has 0 amide bonds. The van der Waals surface area contributed by atoms with E-state index < -0.39 is 0 Å². The Morgan fingerprint density at radius 1 is 0.684 bits per heavy atom. The molecule has 0 aliphatic carbocycles. The van der Waals surface area contributed by atoms with E-state index in [1.54, 1.807) is 0 Å². The molecule has 1 heterocycles. The van der Waals surface area contributed by atoms with E-state index in [0.29, 0.717) is 0 Å². The van der Waals surface area contributed by atoms with Crippen molar-refractivity contribution in [2.24, 2.45) is 0 Å². The van der Waals surface area contributed by atoms with Crippen LogP contribution >= 0.6 is 0 Å². The van der Waals surface area contributed by atoms with Gasteiger partial charge in [0.15, 0.2) is 0 Å². The standard InChI is InChI=1S/C18H12N/c1-2-6-13(7-3-1)14-10-11-18-16(12-14)15-8-4-5-9-17(15)19-18/h2-12,19H. The molecule has 4 rings (SSSR count). The first-order valence-electron chi connectivity index (χ1n) is 6.39. The van der Waals surface area contributed by atoms with Gasteiger partial charge in [-0.15, -0.1) is 0 Å². The van der Waals surface area contributed by atoms with Crippen molar-refractivity contribution in [2.75, 3.05) is 0 Å². The summed E-state index contributed by atoms with van der Waals surface area (Å²) in [6, 6.07) is 26.1. The van der Waals surface area contributed by atoms with E-state index in [0.717, 1.165) is 0 Å². The lowest BCUT2D eigenvalue weighted by Gasteiger charge is -2.01. The quantitative estimate of drug-likeness (QED) is 0.494. The summed E-state index contributed by atoms with van der Waals surface area (Å²) in [7, 11) is 0. The van der Waals surface area contributed by atoms with Gasteiger partial charge in [0, 0.05) is 21.8 Å². The number of aromatic nitrogens is 1. The molecule has 1 heteroatoms. The zero-order valence-corrected chi connectivity index (χ0v) is 10.4. The van der Waals surface area contributed by atoms with Crippen LogP contribution in [-0.4, -0.2) is 4.98 Å². The number of benzene rings is 3. The van der Waals surface area contributed by atoms with Crippen LogP contribution in [0.5, 0.6) is 0 Å². The number of fused-ring (bicyclic) bond motifs is 3. The minimum absolute atomic E-state index is 1.19. The topological polar surface area (TPSA) is 15.8 Å². The number of hydrogen-bond acceptors (Lipinski definition) is 0. The van der Waals surface area contributed by atoms with Gasteiger partial charge in [0.2, 0.25) is 0 Å². The van der Waals surface area contributed by atoms with Gasteiger partial charge in [0.05, 0.1) is 0 Å². The number of para-hydroxylation sites is 1. The molecule has 0 bridgehead atoms. The lowest BCUT2D eigenvalue weighted by Crippen LogP contribution is -1.76. The number of hydrogen-bond donors (Lipinski definition) is 1. The summed E-state index contributed by atoms with van der Waals surface area (Å²) in [5.41, 5.74) is 4.85. The van der Waals surface area contributed by atoms with Crippen LogP contribution in [0.1, 0.15) is 0 Å². The highest BCUT2D eigenvalue weighted by Gasteiger charge is 2.05. The van der Waals surface area contributed by atoms with Gasteiger partial charge in [0.1, 0.15) is 0 Å². The lowest BCUT2D eigenvalue weighted by molar-refractivity contribution is 1.54. The Morgan fingerprint density at radius 3 is 2.37 bits per heavy atom. The predicted molar refractivity (Wildman–Crippen MR) is 80.1 cm³/mol. The van der Waals surface area contributed by atoms with Crippen molar-refractivity contribution in [3.63, 3.8) is 0 Å². The van der Waals surface area contributed by atoms with E-state index in [1.807, 2.05) is 12.1 Å². The third-order valence-electron chi connectivity index (χ3n) is 3.56. The molecule has 0 spiro atoms. The zero-order valence-electron chi connectivity index (χ0n) is 10.4. The van der Waals surface area contributed by atoms with Crippen molar-refractivity contribution >= 4 is 21.8 Å². The lowest BCUT2D eigenvalue weighted by atomic mass is 10.0. The maximum absolute atomic E-state index is 3.45. The van der Waals surface area contributed by atoms with Crippen LogP contribution < -0.4 is 0 Å². The summed E-state index contributed by atoms with van der Waals surface area (Å²) >= 11 is 0. The normalized spacial score (nSPS) is 11.2. The molecule has 0 fully saturated rings. The second kappa shape index (κ2) is 3.99. The molecule has 1 radical (unpaired) electrons. The minimum atomic E-state index is 1.19. The van der Waals surface area contributed by atoms with Gasteiger partial charge in [-0.3, -0.25) is 0 Å². The third-order valence-corrected chi connectivity index (χ3v) is 3.56. The molecule has 89 valence electrons.